The summed E-state index contributed by atoms with van der Waals surface area (Å²) in [6.07, 6.45) is 1.57. The fourth-order valence-corrected chi connectivity index (χ4v) is 4.03. The third-order valence-electron chi connectivity index (χ3n) is 6.50. The van der Waals surface area contributed by atoms with Crippen LogP contribution in [-0.4, -0.2) is 191 Å². The first-order valence-electron chi connectivity index (χ1n) is 14.9. The molecule has 0 atom stereocenters. The van der Waals surface area contributed by atoms with Crippen LogP contribution < -0.4 is 10.1 Å². The van der Waals surface area contributed by atoms with Crippen molar-refractivity contribution in [3.8, 4) is 5.75 Å². The number of methoxy groups -OCH3 is 1. The summed E-state index contributed by atoms with van der Waals surface area (Å²) in [5, 5.41) is 30.1. The lowest BCUT2D eigenvalue weighted by molar-refractivity contribution is -0.140. The number of nitrogens with one attached hydrogen (secondary N) is 1. The zero-order chi connectivity index (χ0) is 35.3. The van der Waals surface area contributed by atoms with Crippen LogP contribution in [0.15, 0.2) is 24.3 Å². The van der Waals surface area contributed by atoms with E-state index in [9.17, 15) is 28.8 Å². The van der Waals surface area contributed by atoms with Gasteiger partial charge >= 0.3 is 17.9 Å². The van der Waals surface area contributed by atoms with Gasteiger partial charge in [0, 0.05) is 64.5 Å². The normalized spacial score (nSPS) is 15.2. The predicted octanol–water partition coefficient (Wildman–Crippen LogP) is -1.44. The molecule has 1 aliphatic rings. The first-order valence-corrected chi connectivity index (χ1v) is 14.9. The van der Waals surface area contributed by atoms with E-state index in [-0.39, 0.29) is 26.2 Å². The minimum Gasteiger partial charge on any atom is -0.497 e. The average Bonchev–Trinajstić information content (AvgIpc) is 3.04. The number of carboxylic acid groups (broad SMARTS) is 3. The van der Waals surface area contributed by atoms with Crippen LogP contribution in [0.1, 0.15) is 10.4 Å². The Labute approximate surface area is 274 Å². The van der Waals surface area contributed by atoms with E-state index in [1.165, 1.54) is 0 Å². The number of aldehydes is 2. The van der Waals surface area contributed by atoms with Crippen molar-refractivity contribution in [3.05, 3.63) is 29.8 Å². The molecule has 0 saturated carbocycles. The molecule has 0 amide bonds. The maximum Gasteiger partial charge on any atom is 0.317 e. The predicted molar refractivity (Wildman–Crippen MR) is 170 cm³/mol. The van der Waals surface area contributed by atoms with Crippen LogP contribution in [0.25, 0.3) is 0 Å². The third kappa shape index (κ3) is 24.9. The van der Waals surface area contributed by atoms with Gasteiger partial charge in [-0.1, -0.05) is 0 Å². The average molecular weight is 672 g/mol. The van der Waals surface area contributed by atoms with E-state index in [2.05, 4.69) is 10.1 Å². The van der Waals surface area contributed by atoms with Gasteiger partial charge in [-0.15, -0.1) is 0 Å². The first-order chi connectivity index (χ1) is 22.6. The Morgan fingerprint density at radius 2 is 1.17 bits per heavy atom. The molecule has 1 aromatic rings. The van der Waals surface area contributed by atoms with Gasteiger partial charge in [-0.05, 0) is 31.3 Å². The van der Waals surface area contributed by atoms with Crippen molar-refractivity contribution < 1.29 is 58.3 Å². The minimum absolute atomic E-state index is 0.166. The molecular formula is C30H49N5O12. The van der Waals surface area contributed by atoms with Crippen molar-refractivity contribution in [2.75, 3.05) is 119 Å². The fraction of sp³-hybridized carbons (Fsp3) is 0.600. The molecule has 0 spiro atoms. The molecule has 0 aromatic heterocycles. The highest BCUT2D eigenvalue weighted by atomic mass is 16.5. The SMILES string of the molecule is CNCCOCCOC=O.COc1ccc(C=O)cc1.O=CCN1CCN(CC(=O)O)CCN(CC(=O)O)CCN(CC(=O)O)CC1. The molecule has 1 saturated heterocycles. The van der Waals surface area contributed by atoms with Crippen molar-refractivity contribution in [3.63, 3.8) is 0 Å². The van der Waals surface area contributed by atoms with Crippen molar-refractivity contribution >= 4 is 37.0 Å². The van der Waals surface area contributed by atoms with E-state index in [0.29, 0.717) is 84.2 Å². The van der Waals surface area contributed by atoms with Crippen LogP contribution in [0.4, 0.5) is 0 Å². The summed E-state index contributed by atoms with van der Waals surface area (Å²) in [6, 6.07) is 6.94. The van der Waals surface area contributed by atoms with Crippen LogP contribution in [0.2, 0.25) is 0 Å². The zero-order valence-corrected chi connectivity index (χ0v) is 27.2. The molecule has 0 unspecified atom stereocenters. The van der Waals surface area contributed by atoms with Crippen molar-refractivity contribution in [2.24, 2.45) is 0 Å². The first kappa shape index (κ1) is 43.0. The molecule has 1 aliphatic heterocycles. The molecule has 17 heteroatoms. The molecule has 1 heterocycles. The lowest BCUT2D eigenvalue weighted by Gasteiger charge is -2.32. The van der Waals surface area contributed by atoms with Crippen molar-refractivity contribution in [1.29, 1.82) is 0 Å². The fourth-order valence-electron chi connectivity index (χ4n) is 4.03. The van der Waals surface area contributed by atoms with Gasteiger partial charge in [0.1, 0.15) is 24.9 Å². The second-order valence-corrected chi connectivity index (χ2v) is 10.1. The second kappa shape index (κ2) is 28.2. The highest BCUT2D eigenvalue weighted by Crippen LogP contribution is 2.09. The molecule has 0 bridgehead atoms. The summed E-state index contributed by atoms with van der Waals surface area (Å²) in [7, 11) is 3.45. The Morgan fingerprint density at radius 1 is 0.723 bits per heavy atom. The minimum atomic E-state index is -0.992. The van der Waals surface area contributed by atoms with Crippen LogP contribution >= 0.6 is 0 Å². The van der Waals surface area contributed by atoms with E-state index in [4.69, 9.17) is 24.8 Å². The van der Waals surface area contributed by atoms with E-state index >= 15 is 0 Å². The summed E-state index contributed by atoms with van der Waals surface area (Å²) in [5.41, 5.74) is 0.667. The Balaban J connectivity index is 0.000000857. The lowest BCUT2D eigenvalue weighted by Crippen LogP contribution is -2.48. The van der Waals surface area contributed by atoms with E-state index in [0.717, 1.165) is 24.9 Å². The van der Waals surface area contributed by atoms with Crippen LogP contribution in [-0.2, 0) is 33.4 Å². The molecule has 47 heavy (non-hydrogen) atoms. The van der Waals surface area contributed by atoms with Crippen LogP contribution in [0.3, 0.4) is 0 Å². The summed E-state index contributed by atoms with van der Waals surface area (Å²) >= 11 is 0. The Morgan fingerprint density at radius 3 is 1.51 bits per heavy atom. The number of nitrogens with zero attached hydrogens (tertiary/aromatic N) is 4. The number of aliphatic carboxylic acids is 3. The highest BCUT2D eigenvalue weighted by Gasteiger charge is 2.19. The summed E-state index contributed by atoms with van der Waals surface area (Å²) in [6.45, 7) is 5.57. The Bertz CT molecular complexity index is 999. The van der Waals surface area contributed by atoms with Gasteiger partial charge in [0.2, 0.25) is 0 Å². The highest BCUT2D eigenvalue weighted by molar-refractivity contribution is 5.74. The number of hydrogen-bond acceptors (Lipinski definition) is 14. The van der Waals surface area contributed by atoms with Crippen molar-refractivity contribution in [1.82, 2.24) is 24.9 Å². The summed E-state index contributed by atoms with van der Waals surface area (Å²) in [4.78, 5) is 70.8. The van der Waals surface area contributed by atoms with Gasteiger partial charge in [0.15, 0.2) is 0 Å². The molecule has 1 aromatic carbocycles. The van der Waals surface area contributed by atoms with E-state index in [1.807, 2.05) is 11.9 Å². The molecular weight excluding hydrogens is 622 g/mol. The molecule has 1 fully saturated rings. The molecule has 2 rings (SSSR count). The number of likely N-dealkylation sites (N-methyl/N-ethyl adjacent to an activating group) is 1. The maximum absolute atomic E-state index is 11.1. The molecule has 17 nitrogen and oxygen atoms in total. The number of benzene rings is 1. The largest absolute Gasteiger partial charge is 0.497 e. The zero-order valence-electron chi connectivity index (χ0n) is 27.2. The van der Waals surface area contributed by atoms with Gasteiger partial charge in [0.25, 0.3) is 6.47 Å². The smallest absolute Gasteiger partial charge is 0.317 e. The quantitative estimate of drug-likeness (QED) is 0.110. The van der Waals surface area contributed by atoms with Gasteiger partial charge in [0.05, 0.1) is 46.5 Å². The molecule has 0 radical (unpaired) electrons. The number of ether oxygens (including phenoxy) is 3. The summed E-state index contributed by atoms with van der Waals surface area (Å²) in [5.74, 6) is -2.16. The summed E-state index contributed by atoms with van der Waals surface area (Å²) < 4.78 is 14.3. The Kier molecular flexibility index (Phi) is 25.8. The van der Waals surface area contributed by atoms with E-state index < -0.39 is 17.9 Å². The van der Waals surface area contributed by atoms with Crippen molar-refractivity contribution in [2.45, 2.75) is 0 Å². The standard InChI is InChI=1S/C16H28N4O7.C8H8O2.C6H13NO3/c21-10-9-17-1-3-18(11-14(22)23)5-7-20(13-16(26)27)8-6-19(4-2-17)12-15(24)25;1-10-8-4-2-7(6-9)3-5-8;1-7-2-3-9-4-5-10-6-8/h10H,1-9,11-13H2,(H,22,23)(H,24,25)(H,26,27);2-6H,1H3;6-7H,2-5H2,1H3. The molecule has 0 aliphatic carbocycles. The number of carbonyl (C=O) groups is 6. The van der Waals surface area contributed by atoms with Gasteiger partial charge in [-0.25, -0.2) is 0 Å². The van der Waals surface area contributed by atoms with Crippen LogP contribution in [0, 0.1) is 0 Å². The number of hydrogen-bond donors (Lipinski definition) is 4. The monoisotopic (exact) mass is 671 g/mol. The number of carbonyl (C=O) groups excluding carboxylic acids is 3. The molecule has 4 N–H and O–H groups in total. The topological polar surface area (TPSA) is 216 Å². The van der Waals surface area contributed by atoms with Gasteiger partial charge in [-0.2, -0.15) is 0 Å². The number of carboxylic acids is 3. The lowest BCUT2D eigenvalue weighted by atomic mass is 10.2. The third-order valence-corrected chi connectivity index (χ3v) is 6.50. The second-order valence-electron chi connectivity index (χ2n) is 10.1. The Hall–Kier alpha value is -4.00. The van der Waals surface area contributed by atoms with Crippen LogP contribution in [0.5, 0.6) is 5.75 Å². The van der Waals surface area contributed by atoms with E-state index in [1.54, 1.807) is 46.1 Å². The van der Waals surface area contributed by atoms with Gasteiger partial charge < -0.3 is 39.6 Å². The maximum atomic E-state index is 11.1. The molecule has 266 valence electrons. The van der Waals surface area contributed by atoms with Gasteiger partial charge in [-0.3, -0.25) is 43.6 Å². The number of rotatable bonds is 17.